The number of carbonyl (C=O) groups excluding carboxylic acids is 1. The predicted molar refractivity (Wildman–Crippen MR) is 181 cm³/mol. The summed E-state index contributed by atoms with van der Waals surface area (Å²) in [6, 6.07) is 24.5. The minimum Gasteiger partial charge on any atom is -0.381 e. The number of carbonyl (C=O) groups is 1. The first kappa shape index (κ1) is 35.0. The van der Waals surface area contributed by atoms with Crippen molar-refractivity contribution in [1.82, 2.24) is 10.3 Å². The van der Waals surface area contributed by atoms with Crippen LogP contribution in [0.5, 0.6) is 0 Å². The van der Waals surface area contributed by atoms with Gasteiger partial charge in [-0.3, -0.25) is 4.79 Å². The molecule has 43 heavy (non-hydrogen) atoms. The fraction of sp³-hybridized carbons (Fsp3) is 0.351. The second-order valence-corrected chi connectivity index (χ2v) is 11.1. The van der Waals surface area contributed by atoms with Gasteiger partial charge in [0.05, 0.1) is 11.6 Å². The largest absolute Gasteiger partial charge is 0.381 e. The summed E-state index contributed by atoms with van der Waals surface area (Å²) < 4.78 is 5.07. The summed E-state index contributed by atoms with van der Waals surface area (Å²) in [4.78, 5) is 16.3. The number of aromatic amines is 1. The van der Waals surface area contributed by atoms with Crippen molar-refractivity contribution in [3.05, 3.63) is 96.7 Å². The van der Waals surface area contributed by atoms with E-state index in [0.29, 0.717) is 17.8 Å². The number of benzene rings is 3. The molecule has 1 fully saturated rings. The molecule has 0 aliphatic carbocycles. The summed E-state index contributed by atoms with van der Waals surface area (Å²) in [5, 5.41) is 13.3. The highest BCUT2D eigenvalue weighted by Gasteiger charge is 2.20. The molecule has 0 saturated carbocycles. The molecule has 1 aromatic heterocycles. The molecule has 1 amide bonds. The van der Waals surface area contributed by atoms with Gasteiger partial charge in [-0.1, -0.05) is 70.2 Å². The van der Waals surface area contributed by atoms with E-state index in [2.05, 4.69) is 92.4 Å². The highest BCUT2D eigenvalue weighted by Crippen LogP contribution is 2.36. The summed E-state index contributed by atoms with van der Waals surface area (Å²) in [5.41, 5.74) is 11.8. The molecule has 1 aliphatic heterocycles. The van der Waals surface area contributed by atoms with Crippen molar-refractivity contribution in [2.24, 2.45) is 5.73 Å². The Balaban J connectivity index is 0.000000559. The molecule has 0 atom stereocenters. The van der Waals surface area contributed by atoms with Crippen molar-refractivity contribution in [2.75, 3.05) is 26.8 Å². The van der Waals surface area contributed by atoms with Crippen LogP contribution >= 0.6 is 0 Å². The topological polar surface area (TPSA) is 104 Å². The number of rotatable bonds is 5. The fourth-order valence-electron chi connectivity index (χ4n) is 4.76. The Bertz CT molecular complexity index is 1460. The van der Waals surface area contributed by atoms with Crippen LogP contribution in [0.25, 0.3) is 33.2 Å². The zero-order valence-electron chi connectivity index (χ0n) is 26.6. The number of nitrogens with zero attached hydrogens (tertiary/aromatic N) is 1. The Hall–Kier alpha value is -4.18. The normalized spacial score (nSPS) is 12.3. The smallest absolute Gasteiger partial charge is 0.268 e. The van der Waals surface area contributed by atoms with Gasteiger partial charge in [-0.15, -0.1) is 13.2 Å². The third kappa shape index (κ3) is 9.68. The van der Waals surface area contributed by atoms with Gasteiger partial charge in [-0.05, 0) is 84.7 Å². The number of ether oxygens (including phenoxy) is 1. The van der Waals surface area contributed by atoms with Crippen molar-refractivity contribution in [2.45, 2.75) is 58.8 Å². The molecule has 4 N–H and O–H groups in total. The summed E-state index contributed by atoms with van der Waals surface area (Å²) in [6.45, 7) is 17.3. The lowest BCUT2D eigenvalue weighted by Gasteiger charge is -2.19. The summed E-state index contributed by atoms with van der Waals surface area (Å²) in [6.07, 6.45) is 4.79. The lowest BCUT2D eigenvalue weighted by atomic mass is 9.86. The average Bonchev–Trinajstić information content (AvgIpc) is 3.45. The van der Waals surface area contributed by atoms with Crippen LogP contribution in [-0.4, -0.2) is 37.7 Å². The standard InChI is InChI=1S/C29H29N3O.C5H10O.C2H4.CH5N/c1-5-15-31-28(33)27-26(22-8-6-7-19(16-22)18-30)24-17-21(11-14-25(24)32-27)20-9-12-23(13-10-20)29(2,3)4;1-2-4-6-5-3-1;2*1-2/h6-14,16-17,32H,5,15H2,1-4H3,(H,31,33);1-5H2;1-2H2;2H2,1H3. The highest BCUT2D eigenvalue weighted by molar-refractivity contribution is 6.10. The number of hydrogen-bond acceptors (Lipinski definition) is 4. The van der Waals surface area contributed by atoms with Gasteiger partial charge in [0, 0.05) is 36.2 Å². The minimum atomic E-state index is -0.138. The Morgan fingerprint density at radius 2 is 1.60 bits per heavy atom. The van der Waals surface area contributed by atoms with Gasteiger partial charge < -0.3 is 20.8 Å². The second kappa shape index (κ2) is 17.7. The van der Waals surface area contributed by atoms with Gasteiger partial charge >= 0.3 is 0 Å². The first-order chi connectivity index (χ1) is 20.8. The molecule has 0 spiro atoms. The van der Waals surface area contributed by atoms with Gasteiger partial charge in [-0.2, -0.15) is 5.26 Å². The van der Waals surface area contributed by atoms with Crippen molar-refractivity contribution < 1.29 is 9.53 Å². The molecule has 1 saturated heterocycles. The number of nitriles is 1. The quantitative estimate of drug-likeness (QED) is 0.206. The Labute approximate surface area is 258 Å². The van der Waals surface area contributed by atoms with Gasteiger partial charge in [0.2, 0.25) is 0 Å². The molecule has 228 valence electrons. The van der Waals surface area contributed by atoms with Crippen molar-refractivity contribution >= 4 is 16.8 Å². The van der Waals surface area contributed by atoms with Crippen molar-refractivity contribution in [1.29, 1.82) is 5.26 Å². The number of H-pyrrole nitrogens is 1. The van der Waals surface area contributed by atoms with E-state index >= 15 is 0 Å². The molecule has 6 nitrogen and oxygen atoms in total. The number of amides is 1. The molecule has 5 rings (SSSR count). The van der Waals surface area contributed by atoms with Crippen LogP contribution in [-0.2, 0) is 10.2 Å². The molecule has 3 aromatic carbocycles. The molecular weight excluding hydrogens is 532 g/mol. The fourth-order valence-corrected chi connectivity index (χ4v) is 4.76. The van der Waals surface area contributed by atoms with E-state index in [1.54, 1.807) is 6.07 Å². The summed E-state index contributed by atoms with van der Waals surface area (Å²) in [7, 11) is 1.50. The number of nitrogens with one attached hydrogen (secondary N) is 2. The van der Waals surface area contributed by atoms with Gasteiger partial charge in [0.25, 0.3) is 5.91 Å². The molecule has 2 heterocycles. The third-order valence-electron chi connectivity index (χ3n) is 7.00. The lowest BCUT2D eigenvalue weighted by molar-refractivity contribution is 0.0950. The van der Waals surface area contributed by atoms with Crippen LogP contribution in [0.2, 0.25) is 0 Å². The number of hydrogen-bond donors (Lipinski definition) is 3. The SMILES string of the molecule is C1CCOCC1.C=C.CCCNC(=O)c1[nH]c2ccc(-c3ccc(C(C)(C)C)cc3)cc2c1-c1cccc(C#N)c1.CN. The maximum atomic E-state index is 13.0. The van der Waals surface area contributed by atoms with Crippen LogP contribution < -0.4 is 11.1 Å². The van der Waals surface area contributed by atoms with Crippen molar-refractivity contribution in [3.8, 4) is 28.3 Å². The number of aromatic nitrogens is 1. The third-order valence-corrected chi connectivity index (χ3v) is 7.00. The monoisotopic (exact) mass is 580 g/mol. The molecule has 4 aromatic rings. The molecule has 0 radical (unpaired) electrons. The Morgan fingerprint density at radius 1 is 0.953 bits per heavy atom. The number of nitrogens with two attached hydrogens (primary N) is 1. The van der Waals surface area contributed by atoms with E-state index < -0.39 is 0 Å². The predicted octanol–water partition coefficient (Wildman–Crippen LogP) is 8.37. The van der Waals surface area contributed by atoms with Crippen LogP contribution in [0.1, 0.15) is 75.0 Å². The Morgan fingerprint density at radius 3 is 2.14 bits per heavy atom. The first-order valence-electron chi connectivity index (χ1n) is 15.0. The van der Waals surface area contributed by atoms with Gasteiger partial charge in [0.1, 0.15) is 5.69 Å². The average molecular weight is 581 g/mol. The van der Waals surface area contributed by atoms with E-state index in [9.17, 15) is 10.1 Å². The summed E-state index contributed by atoms with van der Waals surface area (Å²) >= 11 is 0. The van der Waals surface area contributed by atoms with Crippen LogP contribution in [0.15, 0.2) is 79.9 Å². The van der Waals surface area contributed by atoms with Gasteiger partial charge in [0.15, 0.2) is 0 Å². The first-order valence-corrected chi connectivity index (χ1v) is 15.0. The van der Waals surface area contributed by atoms with Gasteiger partial charge in [-0.25, -0.2) is 0 Å². The maximum Gasteiger partial charge on any atom is 0.268 e. The second-order valence-electron chi connectivity index (χ2n) is 11.1. The van der Waals surface area contributed by atoms with Crippen molar-refractivity contribution in [3.63, 3.8) is 0 Å². The highest BCUT2D eigenvalue weighted by atomic mass is 16.5. The van der Waals surface area contributed by atoms with E-state index in [1.165, 1.54) is 31.9 Å². The zero-order chi connectivity index (χ0) is 31.8. The zero-order valence-corrected chi connectivity index (χ0v) is 26.6. The van der Waals surface area contributed by atoms with E-state index in [-0.39, 0.29) is 11.3 Å². The van der Waals surface area contributed by atoms with E-state index in [4.69, 9.17) is 4.74 Å². The molecule has 6 heteroatoms. The summed E-state index contributed by atoms with van der Waals surface area (Å²) in [5.74, 6) is -0.138. The Kier molecular flexibility index (Phi) is 14.4. The number of fused-ring (bicyclic) bond motifs is 1. The van der Waals surface area contributed by atoms with Crippen LogP contribution in [0.3, 0.4) is 0 Å². The van der Waals surface area contributed by atoms with Crippen LogP contribution in [0.4, 0.5) is 0 Å². The van der Waals surface area contributed by atoms with E-state index in [0.717, 1.165) is 52.8 Å². The molecular formula is C37H48N4O2. The van der Waals surface area contributed by atoms with E-state index in [1.807, 2.05) is 31.2 Å². The molecule has 1 aliphatic rings. The lowest BCUT2D eigenvalue weighted by Crippen LogP contribution is -2.24. The molecule has 0 bridgehead atoms. The minimum absolute atomic E-state index is 0.100. The molecule has 0 unspecified atom stereocenters. The maximum absolute atomic E-state index is 13.0. The van der Waals surface area contributed by atoms with Crippen LogP contribution in [0, 0.1) is 11.3 Å².